The topological polar surface area (TPSA) is 46.6 Å². The lowest BCUT2D eigenvalue weighted by molar-refractivity contribution is -0.115. The first-order chi connectivity index (χ1) is 12.4. The first kappa shape index (κ1) is 18.4. The summed E-state index contributed by atoms with van der Waals surface area (Å²) in [5.41, 5.74) is 2.26. The molecule has 1 unspecified atom stereocenters. The Balaban J connectivity index is 1.96. The Labute approximate surface area is 154 Å². The number of amides is 1. The average Bonchev–Trinajstić information content (AvgIpc) is 2.99. The van der Waals surface area contributed by atoms with Gasteiger partial charge in [0.2, 0.25) is 5.91 Å². The van der Waals surface area contributed by atoms with Crippen LogP contribution in [-0.4, -0.2) is 24.2 Å². The highest BCUT2D eigenvalue weighted by molar-refractivity contribution is 8.00. The van der Waals surface area contributed by atoms with Crippen LogP contribution in [0, 0.1) is 18.6 Å². The molecule has 136 valence electrons. The van der Waals surface area contributed by atoms with E-state index in [2.05, 4.69) is 0 Å². The Morgan fingerprint density at radius 3 is 2.65 bits per heavy atom. The maximum atomic E-state index is 13.6. The summed E-state index contributed by atoms with van der Waals surface area (Å²) in [5, 5.41) is -0.454. The van der Waals surface area contributed by atoms with E-state index in [1.54, 1.807) is 36.9 Å². The molecular formula is C19H17F2NO3S. The van der Waals surface area contributed by atoms with Crippen molar-refractivity contribution >= 4 is 29.3 Å². The third kappa shape index (κ3) is 3.44. The van der Waals surface area contributed by atoms with Crippen LogP contribution in [0.1, 0.15) is 33.8 Å². The first-order valence-corrected chi connectivity index (χ1v) is 9.13. The molecule has 2 aromatic carbocycles. The number of thioether (sulfide) groups is 1. The SMILES string of the molecule is CCOC(=O)c1ccc(N2C(=O)CSC2c2ccc(F)c(F)c2)c(C)c1. The van der Waals surface area contributed by atoms with Crippen LogP contribution >= 0.6 is 11.8 Å². The number of aryl methyl sites for hydroxylation is 1. The largest absolute Gasteiger partial charge is 0.462 e. The Kier molecular flexibility index (Phi) is 5.27. The van der Waals surface area contributed by atoms with Crippen LogP contribution in [0.25, 0.3) is 0 Å². The zero-order chi connectivity index (χ0) is 18.8. The molecule has 1 amide bonds. The molecule has 0 N–H and O–H groups in total. The molecular weight excluding hydrogens is 360 g/mol. The molecule has 0 bridgehead atoms. The van der Waals surface area contributed by atoms with Crippen LogP contribution in [0.4, 0.5) is 14.5 Å². The highest BCUT2D eigenvalue weighted by Crippen LogP contribution is 2.43. The summed E-state index contributed by atoms with van der Waals surface area (Å²) < 4.78 is 31.8. The Morgan fingerprint density at radius 1 is 1.23 bits per heavy atom. The van der Waals surface area contributed by atoms with Crippen molar-refractivity contribution in [3.05, 3.63) is 64.7 Å². The molecule has 1 aliphatic heterocycles. The summed E-state index contributed by atoms with van der Waals surface area (Å²) in [7, 11) is 0. The zero-order valence-corrected chi connectivity index (χ0v) is 15.1. The molecule has 1 atom stereocenters. The van der Waals surface area contributed by atoms with Gasteiger partial charge in [-0.2, -0.15) is 0 Å². The van der Waals surface area contributed by atoms with Crippen molar-refractivity contribution < 1.29 is 23.1 Å². The van der Waals surface area contributed by atoms with Crippen LogP contribution < -0.4 is 4.90 Å². The van der Waals surface area contributed by atoms with Crippen LogP contribution in [0.5, 0.6) is 0 Å². The van der Waals surface area contributed by atoms with Gasteiger partial charge in [0, 0.05) is 5.69 Å². The number of hydrogen-bond acceptors (Lipinski definition) is 4. The van der Waals surface area contributed by atoms with E-state index in [0.717, 1.165) is 17.7 Å². The number of halogens is 2. The molecule has 4 nitrogen and oxygen atoms in total. The van der Waals surface area contributed by atoms with Crippen molar-refractivity contribution in [3.63, 3.8) is 0 Å². The number of ether oxygens (including phenoxy) is 1. The number of carbonyl (C=O) groups excluding carboxylic acids is 2. The molecule has 0 saturated carbocycles. The molecule has 26 heavy (non-hydrogen) atoms. The van der Waals surface area contributed by atoms with Gasteiger partial charge in [0.05, 0.1) is 17.9 Å². The molecule has 2 aromatic rings. The smallest absolute Gasteiger partial charge is 0.338 e. The van der Waals surface area contributed by atoms with Crippen molar-refractivity contribution in [1.82, 2.24) is 0 Å². The molecule has 0 spiro atoms. The summed E-state index contributed by atoms with van der Waals surface area (Å²) >= 11 is 1.34. The lowest BCUT2D eigenvalue weighted by atomic mass is 10.1. The van der Waals surface area contributed by atoms with Crippen molar-refractivity contribution in [3.8, 4) is 0 Å². The van der Waals surface area contributed by atoms with E-state index >= 15 is 0 Å². The van der Waals surface area contributed by atoms with Gasteiger partial charge in [0.15, 0.2) is 11.6 Å². The van der Waals surface area contributed by atoms with E-state index in [4.69, 9.17) is 4.74 Å². The highest BCUT2D eigenvalue weighted by Gasteiger charge is 2.35. The molecule has 7 heteroatoms. The molecule has 0 aliphatic carbocycles. The second-order valence-corrected chi connectivity index (χ2v) is 6.89. The number of carbonyl (C=O) groups is 2. The molecule has 0 aromatic heterocycles. The Morgan fingerprint density at radius 2 is 2.00 bits per heavy atom. The lowest BCUT2D eigenvalue weighted by Crippen LogP contribution is -2.28. The summed E-state index contributed by atoms with van der Waals surface area (Å²) in [6.07, 6.45) is 0. The van der Waals surface area contributed by atoms with Crippen molar-refractivity contribution in [2.75, 3.05) is 17.3 Å². The summed E-state index contributed by atoms with van der Waals surface area (Å²) in [4.78, 5) is 25.9. The van der Waals surface area contributed by atoms with Crippen molar-refractivity contribution in [2.45, 2.75) is 19.2 Å². The van der Waals surface area contributed by atoms with Gasteiger partial charge in [-0.1, -0.05) is 6.07 Å². The van der Waals surface area contributed by atoms with Gasteiger partial charge < -0.3 is 4.74 Å². The first-order valence-electron chi connectivity index (χ1n) is 8.08. The average molecular weight is 377 g/mol. The zero-order valence-electron chi connectivity index (χ0n) is 14.3. The van der Waals surface area contributed by atoms with Crippen molar-refractivity contribution in [1.29, 1.82) is 0 Å². The fraction of sp³-hybridized carbons (Fsp3) is 0.263. The second-order valence-electron chi connectivity index (χ2n) is 5.82. The third-order valence-corrected chi connectivity index (χ3v) is 5.28. The fourth-order valence-corrected chi connectivity index (χ4v) is 4.02. The predicted octanol–water partition coefficient (Wildman–Crippen LogP) is 4.23. The minimum absolute atomic E-state index is 0.128. The maximum Gasteiger partial charge on any atom is 0.338 e. The van der Waals surface area contributed by atoms with E-state index in [-0.39, 0.29) is 18.3 Å². The number of hydrogen-bond donors (Lipinski definition) is 0. The quantitative estimate of drug-likeness (QED) is 0.748. The van der Waals surface area contributed by atoms with E-state index < -0.39 is 23.0 Å². The Hall–Kier alpha value is -2.41. The highest BCUT2D eigenvalue weighted by atomic mass is 32.2. The third-order valence-electron chi connectivity index (χ3n) is 4.06. The van der Waals surface area contributed by atoms with Gasteiger partial charge >= 0.3 is 5.97 Å². The lowest BCUT2D eigenvalue weighted by Gasteiger charge is -2.26. The normalized spacial score (nSPS) is 16.8. The standard InChI is InChI=1S/C19H17F2NO3S/c1-3-25-19(24)13-5-7-16(11(2)8-13)22-17(23)10-26-18(22)12-4-6-14(20)15(21)9-12/h4-9,18H,3,10H2,1-2H3. The number of esters is 1. The minimum atomic E-state index is -0.947. The predicted molar refractivity (Wildman–Crippen MR) is 96.2 cm³/mol. The van der Waals surface area contributed by atoms with E-state index in [0.29, 0.717) is 16.8 Å². The number of rotatable bonds is 4. The molecule has 1 heterocycles. The van der Waals surface area contributed by atoms with Gasteiger partial charge in [-0.15, -0.1) is 11.8 Å². The minimum Gasteiger partial charge on any atom is -0.462 e. The van der Waals surface area contributed by atoms with Crippen LogP contribution in [0.15, 0.2) is 36.4 Å². The van der Waals surface area contributed by atoms with Crippen LogP contribution in [-0.2, 0) is 9.53 Å². The van der Waals surface area contributed by atoms with Crippen LogP contribution in [0.3, 0.4) is 0 Å². The van der Waals surface area contributed by atoms with Gasteiger partial charge in [-0.05, 0) is 55.3 Å². The monoisotopic (exact) mass is 377 g/mol. The number of nitrogens with zero attached hydrogens (tertiary/aromatic N) is 1. The van der Waals surface area contributed by atoms with Gasteiger partial charge in [0.1, 0.15) is 5.37 Å². The Bertz CT molecular complexity index is 872. The van der Waals surface area contributed by atoms with E-state index in [1.165, 1.54) is 17.8 Å². The fourth-order valence-electron chi connectivity index (χ4n) is 2.86. The van der Waals surface area contributed by atoms with Gasteiger partial charge in [-0.3, -0.25) is 9.69 Å². The van der Waals surface area contributed by atoms with Gasteiger partial charge in [-0.25, -0.2) is 13.6 Å². The molecule has 3 rings (SSSR count). The van der Waals surface area contributed by atoms with Crippen LogP contribution in [0.2, 0.25) is 0 Å². The molecule has 1 saturated heterocycles. The van der Waals surface area contributed by atoms with Gasteiger partial charge in [0.25, 0.3) is 0 Å². The maximum absolute atomic E-state index is 13.6. The van der Waals surface area contributed by atoms with E-state index in [9.17, 15) is 18.4 Å². The number of anilines is 1. The summed E-state index contributed by atoms with van der Waals surface area (Å²) in [6.45, 7) is 3.79. The van der Waals surface area contributed by atoms with E-state index in [1.807, 2.05) is 0 Å². The summed E-state index contributed by atoms with van der Waals surface area (Å²) in [6, 6.07) is 8.58. The second kappa shape index (κ2) is 7.45. The molecule has 1 fully saturated rings. The molecule has 1 aliphatic rings. The number of benzene rings is 2. The summed E-state index contributed by atoms with van der Waals surface area (Å²) in [5.74, 6) is -2.19. The van der Waals surface area contributed by atoms with Crippen molar-refractivity contribution in [2.24, 2.45) is 0 Å². The molecule has 0 radical (unpaired) electrons.